The molecule has 0 bridgehead atoms. The van der Waals surface area contributed by atoms with Gasteiger partial charge < -0.3 is 4.90 Å². The summed E-state index contributed by atoms with van der Waals surface area (Å²) in [6, 6.07) is 6.16. The topological polar surface area (TPSA) is 33.2 Å². The molecule has 0 saturated heterocycles. The molecule has 6 heteroatoms. The summed E-state index contributed by atoms with van der Waals surface area (Å²) in [4.78, 5) is 18.3. The van der Waals surface area contributed by atoms with E-state index in [1.165, 1.54) is 11.8 Å². The number of thiazole rings is 1. The van der Waals surface area contributed by atoms with Crippen LogP contribution in [0.2, 0.25) is 5.02 Å². The molecule has 0 unspecified atom stereocenters. The lowest BCUT2D eigenvalue weighted by Crippen LogP contribution is -2.30. The van der Waals surface area contributed by atoms with Crippen molar-refractivity contribution < 1.29 is 4.79 Å². The molecule has 3 rings (SSSR count). The van der Waals surface area contributed by atoms with E-state index in [0.29, 0.717) is 16.8 Å². The average Bonchev–Trinajstić information content (AvgIpc) is 3.16. The molecule has 0 radical (unpaired) electrons. The summed E-state index contributed by atoms with van der Waals surface area (Å²) in [6.07, 6.45) is 2.29. The zero-order chi connectivity index (χ0) is 13.4. The van der Waals surface area contributed by atoms with E-state index in [-0.39, 0.29) is 5.91 Å². The summed E-state index contributed by atoms with van der Waals surface area (Å²) in [5.41, 5.74) is 0.906. The number of halogens is 1. The summed E-state index contributed by atoms with van der Waals surface area (Å²) in [7, 11) is 1.89. The number of aromatic nitrogens is 1. The normalized spacial score (nSPS) is 14.8. The molecule has 1 aromatic carbocycles. The van der Waals surface area contributed by atoms with E-state index in [0.717, 1.165) is 27.4 Å². The summed E-state index contributed by atoms with van der Waals surface area (Å²) in [6.45, 7) is 0. The number of nitrogens with zero attached hydrogens (tertiary/aromatic N) is 2. The van der Waals surface area contributed by atoms with Gasteiger partial charge in [0.25, 0.3) is 0 Å². The maximum Gasteiger partial charge on any atom is 0.233 e. The molecule has 0 atom stereocenters. The van der Waals surface area contributed by atoms with E-state index >= 15 is 0 Å². The second-order valence-electron chi connectivity index (χ2n) is 4.62. The van der Waals surface area contributed by atoms with Crippen molar-refractivity contribution in [2.24, 2.45) is 0 Å². The second kappa shape index (κ2) is 5.31. The van der Waals surface area contributed by atoms with Crippen LogP contribution in [0.25, 0.3) is 10.2 Å². The van der Waals surface area contributed by atoms with Gasteiger partial charge in [-0.15, -0.1) is 11.3 Å². The molecule has 100 valence electrons. The van der Waals surface area contributed by atoms with Gasteiger partial charge in [0, 0.05) is 18.1 Å². The highest BCUT2D eigenvalue weighted by atomic mass is 35.5. The molecule has 0 N–H and O–H groups in total. The van der Waals surface area contributed by atoms with Crippen molar-refractivity contribution >= 4 is 50.8 Å². The zero-order valence-corrected chi connectivity index (χ0v) is 12.8. The van der Waals surface area contributed by atoms with E-state index in [9.17, 15) is 4.79 Å². The van der Waals surface area contributed by atoms with Crippen LogP contribution in [-0.2, 0) is 4.79 Å². The van der Waals surface area contributed by atoms with Crippen molar-refractivity contribution in [3.8, 4) is 0 Å². The standard InChI is InChI=1S/C13H13ClN2OS2/c1-16(9-3-4-9)12(17)7-18-13-15-10-6-8(14)2-5-11(10)19-13/h2,5-6,9H,3-4,7H2,1H3. The maximum absolute atomic E-state index is 11.9. The molecule has 1 aliphatic rings. The van der Waals surface area contributed by atoms with Gasteiger partial charge in [-0.25, -0.2) is 4.98 Å². The quantitative estimate of drug-likeness (QED) is 0.808. The van der Waals surface area contributed by atoms with Crippen molar-refractivity contribution in [1.29, 1.82) is 0 Å². The first-order valence-electron chi connectivity index (χ1n) is 6.08. The van der Waals surface area contributed by atoms with Crippen LogP contribution in [0, 0.1) is 0 Å². The van der Waals surface area contributed by atoms with Crippen LogP contribution in [-0.4, -0.2) is 34.6 Å². The Hall–Kier alpha value is -0.780. The van der Waals surface area contributed by atoms with Gasteiger partial charge in [0.15, 0.2) is 4.34 Å². The molecular formula is C13H13ClN2OS2. The molecule has 1 saturated carbocycles. The van der Waals surface area contributed by atoms with E-state index in [2.05, 4.69) is 4.98 Å². The lowest BCUT2D eigenvalue weighted by molar-refractivity contribution is -0.127. The van der Waals surface area contributed by atoms with Gasteiger partial charge >= 0.3 is 0 Å². The smallest absolute Gasteiger partial charge is 0.233 e. The molecule has 1 fully saturated rings. The Balaban J connectivity index is 1.66. The summed E-state index contributed by atoms with van der Waals surface area (Å²) < 4.78 is 2.03. The molecular weight excluding hydrogens is 300 g/mol. The minimum atomic E-state index is 0.185. The van der Waals surface area contributed by atoms with Gasteiger partial charge in [-0.1, -0.05) is 23.4 Å². The number of hydrogen-bond donors (Lipinski definition) is 0. The Kier molecular flexibility index (Phi) is 3.69. The van der Waals surface area contributed by atoms with E-state index < -0.39 is 0 Å². The molecule has 1 amide bonds. The molecule has 1 aliphatic carbocycles. The largest absolute Gasteiger partial charge is 0.342 e. The number of hydrogen-bond acceptors (Lipinski definition) is 4. The fourth-order valence-electron chi connectivity index (χ4n) is 1.83. The minimum Gasteiger partial charge on any atom is -0.342 e. The highest BCUT2D eigenvalue weighted by Crippen LogP contribution is 2.32. The third-order valence-electron chi connectivity index (χ3n) is 3.14. The van der Waals surface area contributed by atoms with E-state index in [4.69, 9.17) is 11.6 Å². The number of thioether (sulfide) groups is 1. The predicted molar refractivity (Wildman–Crippen MR) is 81.1 cm³/mol. The third kappa shape index (κ3) is 3.04. The Morgan fingerprint density at radius 3 is 3.11 bits per heavy atom. The Morgan fingerprint density at radius 1 is 1.58 bits per heavy atom. The Labute approximate surface area is 125 Å². The van der Waals surface area contributed by atoms with Crippen LogP contribution in [0.3, 0.4) is 0 Å². The van der Waals surface area contributed by atoms with Crippen LogP contribution in [0.1, 0.15) is 12.8 Å². The Bertz CT molecular complexity index is 624. The van der Waals surface area contributed by atoms with Crippen molar-refractivity contribution in [3.63, 3.8) is 0 Å². The zero-order valence-electron chi connectivity index (χ0n) is 10.4. The molecule has 1 heterocycles. The molecule has 0 aliphatic heterocycles. The minimum absolute atomic E-state index is 0.185. The van der Waals surface area contributed by atoms with Gasteiger partial charge in [-0.05, 0) is 31.0 Å². The number of amides is 1. The van der Waals surface area contributed by atoms with Crippen LogP contribution >= 0.6 is 34.7 Å². The fraction of sp³-hybridized carbons (Fsp3) is 0.385. The first-order valence-corrected chi connectivity index (χ1v) is 8.26. The number of carbonyl (C=O) groups excluding carboxylic acids is 1. The van der Waals surface area contributed by atoms with Crippen molar-refractivity contribution in [1.82, 2.24) is 9.88 Å². The van der Waals surface area contributed by atoms with Crippen molar-refractivity contribution in [3.05, 3.63) is 23.2 Å². The average molecular weight is 313 g/mol. The van der Waals surface area contributed by atoms with Gasteiger partial charge in [-0.2, -0.15) is 0 Å². The summed E-state index contributed by atoms with van der Waals surface area (Å²) in [5.74, 6) is 0.644. The van der Waals surface area contributed by atoms with Gasteiger partial charge in [-0.3, -0.25) is 4.79 Å². The first-order chi connectivity index (χ1) is 9.13. The van der Waals surface area contributed by atoms with Crippen LogP contribution in [0.5, 0.6) is 0 Å². The lowest BCUT2D eigenvalue weighted by atomic mass is 10.3. The number of rotatable bonds is 4. The van der Waals surface area contributed by atoms with Gasteiger partial charge in [0.05, 0.1) is 16.0 Å². The first kappa shape index (κ1) is 13.2. The molecule has 2 aromatic rings. The number of carbonyl (C=O) groups is 1. The molecule has 1 aromatic heterocycles. The molecule has 19 heavy (non-hydrogen) atoms. The highest BCUT2D eigenvalue weighted by molar-refractivity contribution is 8.01. The van der Waals surface area contributed by atoms with Crippen molar-refractivity contribution in [2.75, 3.05) is 12.8 Å². The number of benzene rings is 1. The van der Waals surface area contributed by atoms with E-state index in [1.54, 1.807) is 11.3 Å². The Morgan fingerprint density at radius 2 is 2.37 bits per heavy atom. The predicted octanol–water partition coefficient (Wildman–Crippen LogP) is 3.66. The third-order valence-corrected chi connectivity index (χ3v) is 5.54. The highest BCUT2D eigenvalue weighted by Gasteiger charge is 2.29. The molecule has 3 nitrogen and oxygen atoms in total. The second-order valence-corrected chi connectivity index (χ2v) is 7.31. The maximum atomic E-state index is 11.9. The van der Waals surface area contributed by atoms with Gasteiger partial charge in [0.2, 0.25) is 5.91 Å². The van der Waals surface area contributed by atoms with Crippen LogP contribution in [0.15, 0.2) is 22.5 Å². The lowest BCUT2D eigenvalue weighted by Gasteiger charge is -2.15. The van der Waals surface area contributed by atoms with Gasteiger partial charge in [0.1, 0.15) is 0 Å². The van der Waals surface area contributed by atoms with Crippen molar-refractivity contribution in [2.45, 2.75) is 23.2 Å². The van der Waals surface area contributed by atoms with Crippen LogP contribution in [0.4, 0.5) is 0 Å². The summed E-state index contributed by atoms with van der Waals surface area (Å²) in [5, 5.41) is 0.693. The monoisotopic (exact) mass is 312 g/mol. The van der Waals surface area contributed by atoms with Crippen LogP contribution < -0.4 is 0 Å². The number of fused-ring (bicyclic) bond motifs is 1. The SMILES string of the molecule is CN(C(=O)CSc1nc2cc(Cl)ccc2s1)C1CC1. The molecule has 0 spiro atoms. The fourth-order valence-corrected chi connectivity index (χ4v) is 3.97. The summed E-state index contributed by atoms with van der Waals surface area (Å²) >= 11 is 9.05. The van der Waals surface area contributed by atoms with E-state index in [1.807, 2.05) is 30.1 Å².